The van der Waals surface area contributed by atoms with E-state index < -0.39 is 0 Å². The third-order valence-corrected chi connectivity index (χ3v) is 2.92. The number of methoxy groups -OCH3 is 1. The lowest BCUT2D eigenvalue weighted by Gasteiger charge is -2.18. The molecule has 0 fully saturated rings. The van der Waals surface area contributed by atoms with Gasteiger partial charge in [0, 0.05) is 7.11 Å². The molecule has 0 spiro atoms. The Hall–Kier alpha value is -1.59. The number of carbonyl (C=O) groups excluding carboxylic acids is 1. The largest absolute Gasteiger partial charge is 0.383 e. The van der Waals surface area contributed by atoms with Crippen LogP contribution in [-0.2, 0) is 4.74 Å². The van der Waals surface area contributed by atoms with Crippen molar-refractivity contribution >= 4 is 11.6 Å². The highest BCUT2D eigenvalue weighted by Crippen LogP contribution is 2.16. The smallest absolute Gasteiger partial charge is 0.253 e. The summed E-state index contributed by atoms with van der Waals surface area (Å²) in [5.41, 5.74) is 4.79. The van der Waals surface area contributed by atoms with Crippen molar-refractivity contribution in [3.8, 4) is 0 Å². The third kappa shape index (κ3) is 4.54. The van der Waals surface area contributed by atoms with Crippen LogP contribution in [0.3, 0.4) is 0 Å². The van der Waals surface area contributed by atoms with Crippen molar-refractivity contribution in [1.82, 2.24) is 5.32 Å². The third-order valence-electron chi connectivity index (χ3n) is 2.92. The number of nitrogen functional groups attached to an aromatic ring is 1. The van der Waals surface area contributed by atoms with Crippen molar-refractivity contribution in [1.29, 1.82) is 0 Å². The number of rotatable bonds is 7. The number of benzene rings is 1. The Labute approximate surface area is 114 Å². The van der Waals surface area contributed by atoms with Crippen LogP contribution in [0.25, 0.3) is 0 Å². The number of ether oxygens (including phenoxy) is 1. The van der Waals surface area contributed by atoms with E-state index in [1.807, 2.05) is 19.1 Å². The van der Waals surface area contributed by atoms with E-state index in [9.17, 15) is 4.79 Å². The molecular formula is C14H23N3O2. The number of hydrogen-bond donors (Lipinski definition) is 3. The molecule has 4 N–H and O–H groups in total. The minimum absolute atomic E-state index is 0.0226. The molecule has 19 heavy (non-hydrogen) atoms. The first-order chi connectivity index (χ1) is 9.12. The molecule has 0 aliphatic rings. The zero-order chi connectivity index (χ0) is 14.3. The Balaban J connectivity index is 2.81. The Morgan fingerprint density at radius 1 is 1.47 bits per heavy atom. The zero-order valence-corrected chi connectivity index (χ0v) is 11.8. The molecular weight excluding hydrogens is 242 g/mol. The van der Waals surface area contributed by atoms with Crippen LogP contribution in [0.2, 0.25) is 0 Å². The molecule has 5 heteroatoms. The van der Waals surface area contributed by atoms with E-state index in [1.54, 1.807) is 13.2 Å². The molecule has 0 saturated heterocycles. The second kappa shape index (κ2) is 7.76. The second-order valence-corrected chi connectivity index (χ2v) is 4.61. The van der Waals surface area contributed by atoms with Crippen molar-refractivity contribution in [2.45, 2.75) is 32.7 Å². The van der Waals surface area contributed by atoms with Gasteiger partial charge in [0.05, 0.1) is 23.9 Å². The minimum atomic E-state index is -0.136. The number of carbonyl (C=O) groups is 1. The Kier molecular flexibility index (Phi) is 6.32. The SMILES string of the molecule is CCCC(COC)NC(=O)c1ccc(C)cc1NN. The van der Waals surface area contributed by atoms with E-state index in [-0.39, 0.29) is 11.9 Å². The maximum Gasteiger partial charge on any atom is 0.253 e. The summed E-state index contributed by atoms with van der Waals surface area (Å²) < 4.78 is 5.11. The fourth-order valence-electron chi connectivity index (χ4n) is 1.99. The molecule has 1 aromatic rings. The lowest BCUT2D eigenvalue weighted by atomic mass is 10.1. The van der Waals surface area contributed by atoms with Gasteiger partial charge < -0.3 is 15.5 Å². The zero-order valence-electron chi connectivity index (χ0n) is 11.8. The van der Waals surface area contributed by atoms with Crippen LogP contribution in [-0.4, -0.2) is 25.7 Å². The molecule has 0 bridgehead atoms. The highest BCUT2D eigenvalue weighted by atomic mass is 16.5. The number of hydrogen-bond acceptors (Lipinski definition) is 4. The first kappa shape index (κ1) is 15.5. The maximum absolute atomic E-state index is 12.2. The van der Waals surface area contributed by atoms with E-state index in [0.29, 0.717) is 17.9 Å². The van der Waals surface area contributed by atoms with Crippen LogP contribution in [0.1, 0.15) is 35.7 Å². The molecule has 5 nitrogen and oxygen atoms in total. The summed E-state index contributed by atoms with van der Waals surface area (Å²) in [7, 11) is 1.63. The molecule has 0 aromatic heterocycles. The predicted molar refractivity (Wildman–Crippen MR) is 77.0 cm³/mol. The van der Waals surface area contributed by atoms with Gasteiger partial charge in [-0.2, -0.15) is 0 Å². The average Bonchev–Trinajstić information content (AvgIpc) is 2.38. The van der Waals surface area contributed by atoms with Crippen molar-refractivity contribution in [3.05, 3.63) is 29.3 Å². The van der Waals surface area contributed by atoms with Crippen LogP contribution in [0, 0.1) is 6.92 Å². The normalized spacial score (nSPS) is 12.0. The first-order valence-corrected chi connectivity index (χ1v) is 6.49. The molecule has 1 atom stereocenters. The van der Waals surface area contributed by atoms with Crippen LogP contribution in [0.4, 0.5) is 5.69 Å². The van der Waals surface area contributed by atoms with Gasteiger partial charge >= 0.3 is 0 Å². The lowest BCUT2D eigenvalue weighted by molar-refractivity contribution is 0.0892. The van der Waals surface area contributed by atoms with Gasteiger partial charge in [-0.1, -0.05) is 19.4 Å². The van der Waals surface area contributed by atoms with Gasteiger partial charge in [-0.25, -0.2) is 0 Å². The van der Waals surface area contributed by atoms with Gasteiger partial charge in [0.25, 0.3) is 5.91 Å². The summed E-state index contributed by atoms with van der Waals surface area (Å²) in [5, 5.41) is 2.97. The topological polar surface area (TPSA) is 76.4 Å². The van der Waals surface area contributed by atoms with Crippen molar-refractivity contribution in [2.24, 2.45) is 5.84 Å². The molecule has 1 unspecified atom stereocenters. The van der Waals surface area contributed by atoms with Crippen LogP contribution < -0.4 is 16.6 Å². The van der Waals surface area contributed by atoms with E-state index in [1.165, 1.54) is 0 Å². The quantitative estimate of drug-likeness (QED) is 0.519. The summed E-state index contributed by atoms with van der Waals surface area (Å²) in [6, 6.07) is 5.53. The lowest BCUT2D eigenvalue weighted by Crippen LogP contribution is -2.38. The van der Waals surface area contributed by atoms with Crippen molar-refractivity contribution in [2.75, 3.05) is 19.1 Å². The van der Waals surface area contributed by atoms with E-state index >= 15 is 0 Å². The summed E-state index contributed by atoms with van der Waals surface area (Å²) in [5.74, 6) is 5.32. The Morgan fingerprint density at radius 2 is 2.21 bits per heavy atom. The van der Waals surface area contributed by atoms with Crippen molar-refractivity contribution in [3.63, 3.8) is 0 Å². The molecule has 0 aliphatic heterocycles. The number of anilines is 1. The van der Waals surface area contributed by atoms with Gasteiger partial charge in [0.2, 0.25) is 0 Å². The monoisotopic (exact) mass is 265 g/mol. The highest BCUT2D eigenvalue weighted by Gasteiger charge is 2.15. The standard InChI is InChI=1S/C14H23N3O2/c1-4-5-11(9-19-3)16-14(18)12-7-6-10(2)8-13(12)17-15/h6-8,11,17H,4-5,9,15H2,1-3H3,(H,16,18). The van der Waals surface area contributed by atoms with Gasteiger partial charge in [0.15, 0.2) is 0 Å². The number of nitrogens with two attached hydrogens (primary N) is 1. The molecule has 1 rings (SSSR count). The molecule has 1 aromatic carbocycles. The fraction of sp³-hybridized carbons (Fsp3) is 0.500. The van der Waals surface area contributed by atoms with E-state index in [4.69, 9.17) is 10.6 Å². The molecule has 1 amide bonds. The van der Waals surface area contributed by atoms with E-state index in [2.05, 4.69) is 17.7 Å². The predicted octanol–water partition coefficient (Wildman–Crippen LogP) is 1.83. The Morgan fingerprint density at radius 3 is 2.79 bits per heavy atom. The summed E-state index contributed by atoms with van der Waals surface area (Å²) in [4.78, 5) is 12.2. The number of hydrazine groups is 1. The van der Waals surface area contributed by atoms with Crippen LogP contribution in [0.15, 0.2) is 18.2 Å². The van der Waals surface area contributed by atoms with Gasteiger partial charge in [0.1, 0.15) is 0 Å². The molecule has 0 radical (unpaired) electrons. The minimum Gasteiger partial charge on any atom is -0.383 e. The first-order valence-electron chi connectivity index (χ1n) is 6.49. The van der Waals surface area contributed by atoms with E-state index in [0.717, 1.165) is 18.4 Å². The number of nitrogens with one attached hydrogen (secondary N) is 2. The van der Waals surface area contributed by atoms with Crippen LogP contribution in [0.5, 0.6) is 0 Å². The maximum atomic E-state index is 12.2. The summed E-state index contributed by atoms with van der Waals surface area (Å²) in [6.45, 7) is 4.54. The highest BCUT2D eigenvalue weighted by molar-refractivity contribution is 5.99. The number of aryl methyl sites for hydroxylation is 1. The molecule has 0 aliphatic carbocycles. The van der Waals surface area contributed by atoms with Gasteiger partial charge in [-0.05, 0) is 31.0 Å². The summed E-state index contributed by atoms with van der Waals surface area (Å²) >= 11 is 0. The molecule has 106 valence electrons. The van der Waals surface area contributed by atoms with Crippen molar-refractivity contribution < 1.29 is 9.53 Å². The number of amides is 1. The molecule has 0 saturated carbocycles. The Bertz CT molecular complexity index is 415. The molecule has 0 heterocycles. The van der Waals surface area contributed by atoms with Gasteiger partial charge in [-0.15, -0.1) is 0 Å². The summed E-state index contributed by atoms with van der Waals surface area (Å²) in [6.07, 6.45) is 1.88. The average molecular weight is 265 g/mol. The second-order valence-electron chi connectivity index (χ2n) is 4.61. The van der Waals surface area contributed by atoms with Gasteiger partial charge in [-0.3, -0.25) is 10.6 Å². The fourth-order valence-corrected chi connectivity index (χ4v) is 1.99. The van der Waals surface area contributed by atoms with Crippen LogP contribution >= 0.6 is 0 Å².